The molecule has 2 fully saturated rings. The van der Waals surface area contributed by atoms with E-state index in [4.69, 9.17) is 0 Å². The van der Waals surface area contributed by atoms with Crippen LogP contribution in [-0.2, 0) is 9.59 Å². The Labute approximate surface area is 118 Å². The monoisotopic (exact) mass is 273 g/mol. The van der Waals surface area contributed by atoms with Gasteiger partial charge in [-0.2, -0.15) is 0 Å². The third-order valence-electron chi connectivity index (χ3n) is 4.24. The average molecular weight is 273 g/mol. The van der Waals surface area contributed by atoms with Crippen molar-refractivity contribution in [2.24, 2.45) is 5.92 Å². The van der Waals surface area contributed by atoms with E-state index in [2.05, 4.69) is 10.3 Å². The van der Waals surface area contributed by atoms with Crippen LogP contribution in [0.1, 0.15) is 37.3 Å². The molecule has 0 bridgehead atoms. The molecule has 5 nitrogen and oxygen atoms in total. The molecular formula is C15H19N3O2. The first-order valence-corrected chi connectivity index (χ1v) is 7.23. The van der Waals surface area contributed by atoms with Crippen LogP contribution in [0.25, 0.3) is 0 Å². The molecule has 1 aromatic rings. The Morgan fingerprint density at radius 3 is 2.80 bits per heavy atom. The van der Waals surface area contributed by atoms with Gasteiger partial charge in [-0.15, -0.1) is 0 Å². The molecule has 2 aliphatic rings. The fraction of sp³-hybridized carbons (Fsp3) is 0.533. The highest BCUT2D eigenvalue weighted by atomic mass is 16.2. The second kappa shape index (κ2) is 5.61. The van der Waals surface area contributed by atoms with Gasteiger partial charge in [0, 0.05) is 31.9 Å². The first-order chi connectivity index (χ1) is 9.75. The highest BCUT2D eigenvalue weighted by Crippen LogP contribution is 2.33. The molecule has 106 valence electrons. The molecule has 2 saturated heterocycles. The average Bonchev–Trinajstić information content (AvgIpc) is 2.97. The van der Waals surface area contributed by atoms with Gasteiger partial charge in [0.05, 0.1) is 12.0 Å². The molecule has 0 spiro atoms. The van der Waals surface area contributed by atoms with Crippen LogP contribution in [0.15, 0.2) is 24.5 Å². The van der Waals surface area contributed by atoms with Crippen LogP contribution in [0.2, 0.25) is 0 Å². The second-order valence-electron chi connectivity index (χ2n) is 5.51. The fourth-order valence-corrected chi connectivity index (χ4v) is 3.14. The minimum Gasteiger partial charge on any atom is -0.355 e. The zero-order chi connectivity index (χ0) is 13.9. The molecule has 3 heterocycles. The summed E-state index contributed by atoms with van der Waals surface area (Å²) >= 11 is 0. The van der Waals surface area contributed by atoms with Crippen molar-refractivity contribution >= 4 is 11.8 Å². The number of nitrogens with one attached hydrogen (secondary N) is 1. The van der Waals surface area contributed by atoms with Gasteiger partial charge in [-0.05, 0) is 37.0 Å². The summed E-state index contributed by atoms with van der Waals surface area (Å²) in [5.41, 5.74) is 1.16. The number of hydrogen-bond donors (Lipinski definition) is 1. The molecule has 0 aliphatic carbocycles. The minimum absolute atomic E-state index is 0.0566. The standard InChI is InChI=1S/C15H19N3O2/c19-14-4-3-12(10-17-14)15(20)18-9-1-2-13(18)11-5-7-16-8-6-11/h5-8,12-13H,1-4,9-10H2,(H,17,19). The molecule has 2 unspecified atom stereocenters. The van der Waals surface area contributed by atoms with Crippen LogP contribution in [0, 0.1) is 5.92 Å². The largest absolute Gasteiger partial charge is 0.355 e. The van der Waals surface area contributed by atoms with Crippen molar-refractivity contribution < 1.29 is 9.59 Å². The highest BCUT2D eigenvalue weighted by molar-refractivity contribution is 5.84. The number of hydrogen-bond acceptors (Lipinski definition) is 3. The lowest BCUT2D eigenvalue weighted by molar-refractivity contribution is -0.138. The van der Waals surface area contributed by atoms with E-state index in [1.165, 1.54) is 0 Å². The van der Waals surface area contributed by atoms with Crippen LogP contribution in [0.5, 0.6) is 0 Å². The van der Waals surface area contributed by atoms with Gasteiger partial charge in [0.2, 0.25) is 11.8 Å². The highest BCUT2D eigenvalue weighted by Gasteiger charge is 2.35. The number of likely N-dealkylation sites (tertiary alicyclic amines) is 1. The SMILES string of the molecule is O=C1CCC(C(=O)N2CCCC2c2ccncc2)CN1. The van der Waals surface area contributed by atoms with Crippen molar-refractivity contribution in [1.29, 1.82) is 0 Å². The second-order valence-corrected chi connectivity index (χ2v) is 5.51. The number of pyridine rings is 1. The molecule has 1 N–H and O–H groups in total. The lowest BCUT2D eigenvalue weighted by Crippen LogP contribution is -2.44. The maximum absolute atomic E-state index is 12.6. The maximum atomic E-state index is 12.6. The Morgan fingerprint density at radius 1 is 1.30 bits per heavy atom. The van der Waals surface area contributed by atoms with Crippen LogP contribution in [0.4, 0.5) is 0 Å². The smallest absolute Gasteiger partial charge is 0.227 e. The Hall–Kier alpha value is -1.91. The molecular weight excluding hydrogens is 254 g/mol. The van der Waals surface area contributed by atoms with Crippen molar-refractivity contribution in [3.63, 3.8) is 0 Å². The first-order valence-electron chi connectivity index (χ1n) is 7.23. The van der Waals surface area contributed by atoms with E-state index in [1.54, 1.807) is 12.4 Å². The van der Waals surface area contributed by atoms with Crippen molar-refractivity contribution in [1.82, 2.24) is 15.2 Å². The summed E-state index contributed by atoms with van der Waals surface area (Å²) in [6.45, 7) is 1.30. The van der Waals surface area contributed by atoms with Crippen molar-refractivity contribution in [2.75, 3.05) is 13.1 Å². The fourth-order valence-electron chi connectivity index (χ4n) is 3.14. The van der Waals surface area contributed by atoms with E-state index in [-0.39, 0.29) is 23.8 Å². The van der Waals surface area contributed by atoms with E-state index >= 15 is 0 Å². The molecule has 2 amide bonds. The molecule has 1 aromatic heterocycles. The van der Waals surface area contributed by atoms with Gasteiger partial charge in [-0.25, -0.2) is 0 Å². The Balaban J connectivity index is 1.72. The summed E-state index contributed by atoms with van der Waals surface area (Å²) < 4.78 is 0. The van der Waals surface area contributed by atoms with Gasteiger partial charge in [0.1, 0.15) is 0 Å². The third kappa shape index (κ3) is 2.53. The lowest BCUT2D eigenvalue weighted by atomic mass is 9.96. The molecule has 0 saturated carbocycles. The van der Waals surface area contributed by atoms with Gasteiger partial charge >= 0.3 is 0 Å². The molecule has 2 aliphatic heterocycles. The Bertz CT molecular complexity index is 493. The number of aromatic nitrogens is 1. The predicted molar refractivity (Wildman–Crippen MR) is 73.7 cm³/mol. The van der Waals surface area contributed by atoms with Crippen molar-refractivity contribution in [3.8, 4) is 0 Å². The molecule has 0 radical (unpaired) electrons. The van der Waals surface area contributed by atoms with E-state index in [9.17, 15) is 9.59 Å². The van der Waals surface area contributed by atoms with Gasteiger partial charge < -0.3 is 10.2 Å². The number of amides is 2. The Kier molecular flexibility index (Phi) is 3.67. The predicted octanol–water partition coefficient (Wildman–Crippen LogP) is 1.27. The number of nitrogens with zero attached hydrogens (tertiary/aromatic N) is 2. The molecule has 5 heteroatoms. The van der Waals surface area contributed by atoms with Crippen LogP contribution in [-0.4, -0.2) is 34.8 Å². The summed E-state index contributed by atoms with van der Waals surface area (Å²) in [6, 6.07) is 4.14. The zero-order valence-electron chi connectivity index (χ0n) is 11.4. The molecule has 20 heavy (non-hydrogen) atoms. The summed E-state index contributed by atoms with van der Waals surface area (Å²) in [7, 11) is 0. The summed E-state index contributed by atoms with van der Waals surface area (Å²) in [6.07, 6.45) is 6.73. The van der Waals surface area contributed by atoms with Gasteiger partial charge in [0.15, 0.2) is 0 Å². The van der Waals surface area contributed by atoms with E-state index in [0.29, 0.717) is 19.4 Å². The van der Waals surface area contributed by atoms with Gasteiger partial charge in [-0.1, -0.05) is 0 Å². The number of rotatable bonds is 2. The van der Waals surface area contributed by atoms with Gasteiger partial charge in [0.25, 0.3) is 0 Å². The van der Waals surface area contributed by atoms with Crippen molar-refractivity contribution in [3.05, 3.63) is 30.1 Å². The molecule has 2 atom stereocenters. The quantitative estimate of drug-likeness (QED) is 0.882. The zero-order valence-corrected chi connectivity index (χ0v) is 11.4. The van der Waals surface area contributed by atoms with Gasteiger partial charge in [-0.3, -0.25) is 14.6 Å². The minimum atomic E-state index is -0.0601. The number of piperidine rings is 1. The van der Waals surface area contributed by atoms with Crippen LogP contribution >= 0.6 is 0 Å². The van der Waals surface area contributed by atoms with E-state index in [0.717, 1.165) is 24.9 Å². The van der Waals surface area contributed by atoms with Crippen molar-refractivity contribution in [2.45, 2.75) is 31.7 Å². The third-order valence-corrected chi connectivity index (χ3v) is 4.24. The normalized spacial score (nSPS) is 26.4. The number of carbonyl (C=O) groups is 2. The van der Waals surface area contributed by atoms with E-state index < -0.39 is 0 Å². The van der Waals surface area contributed by atoms with Crippen LogP contribution < -0.4 is 5.32 Å². The summed E-state index contributed by atoms with van der Waals surface area (Å²) in [4.78, 5) is 29.9. The topological polar surface area (TPSA) is 62.3 Å². The summed E-state index contributed by atoms with van der Waals surface area (Å²) in [5.74, 6) is 0.181. The molecule has 0 aromatic carbocycles. The lowest BCUT2D eigenvalue weighted by Gasteiger charge is -2.30. The Morgan fingerprint density at radius 2 is 2.10 bits per heavy atom. The maximum Gasteiger partial charge on any atom is 0.227 e. The number of carbonyl (C=O) groups excluding carboxylic acids is 2. The molecule has 3 rings (SSSR count). The summed E-state index contributed by atoms with van der Waals surface area (Å²) in [5, 5.41) is 2.79. The first kappa shape index (κ1) is 13.1. The van der Waals surface area contributed by atoms with E-state index in [1.807, 2.05) is 17.0 Å². The van der Waals surface area contributed by atoms with Crippen LogP contribution in [0.3, 0.4) is 0 Å².